The van der Waals surface area contributed by atoms with Crippen molar-refractivity contribution in [3.05, 3.63) is 28.8 Å². The number of rotatable bonds is 7. The Morgan fingerprint density at radius 3 is 2.50 bits per heavy atom. The zero-order valence-corrected chi connectivity index (χ0v) is 13.8. The van der Waals surface area contributed by atoms with E-state index in [2.05, 4.69) is 58.9 Å². The standard InChI is InChI=1S/C14H22BrClN2/c1-4-18(9-5-8-17(2)3)14-10-13(16)7-6-12(14)11-15/h6-7,10H,4-5,8-9,11H2,1-3H3. The highest BCUT2D eigenvalue weighted by Crippen LogP contribution is 2.26. The van der Waals surface area contributed by atoms with E-state index in [1.807, 2.05) is 6.07 Å². The maximum Gasteiger partial charge on any atom is 0.0426 e. The summed E-state index contributed by atoms with van der Waals surface area (Å²) in [6.07, 6.45) is 1.16. The van der Waals surface area contributed by atoms with Crippen LogP contribution in [0.15, 0.2) is 18.2 Å². The minimum atomic E-state index is 0.806. The predicted molar refractivity (Wildman–Crippen MR) is 85.1 cm³/mol. The van der Waals surface area contributed by atoms with Crippen LogP contribution in [-0.2, 0) is 5.33 Å². The lowest BCUT2D eigenvalue weighted by Gasteiger charge is -2.26. The van der Waals surface area contributed by atoms with Gasteiger partial charge in [0.1, 0.15) is 0 Å². The first-order chi connectivity index (χ1) is 8.58. The summed E-state index contributed by atoms with van der Waals surface area (Å²) in [5.74, 6) is 0. The second kappa shape index (κ2) is 8.03. The van der Waals surface area contributed by atoms with Crippen molar-refractivity contribution in [3.63, 3.8) is 0 Å². The molecule has 1 aromatic carbocycles. The molecule has 0 bridgehead atoms. The number of hydrogen-bond donors (Lipinski definition) is 0. The van der Waals surface area contributed by atoms with E-state index in [0.717, 1.165) is 36.4 Å². The predicted octanol–water partition coefficient (Wildman–Crippen LogP) is 4.01. The van der Waals surface area contributed by atoms with Gasteiger partial charge in [-0.3, -0.25) is 0 Å². The lowest BCUT2D eigenvalue weighted by Crippen LogP contribution is -2.27. The van der Waals surface area contributed by atoms with Crippen molar-refractivity contribution in [3.8, 4) is 0 Å². The lowest BCUT2D eigenvalue weighted by atomic mass is 10.1. The van der Waals surface area contributed by atoms with E-state index >= 15 is 0 Å². The zero-order valence-electron chi connectivity index (χ0n) is 11.4. The molecular weight excluding hydrogens is 312 g/mol. The van der Waals surface area contributed by atoms with Crippen molar-refractivity contribution >= 4 is 33.2 Å². The van der Waals surface area contributed by atoms with Gasteiger partial charge in [-0.05, 0) is 51.7 Å². The average Bonchev–Trinajstić information content (AvgIpc) is 2.34. The van der Waals surface area contributed by atoms with Crippen molar-refractivity contribution < 1.29 is 0 Å². The van der Waals surface area contributed by atoms with Crippen molar-refractivity contribution in [1.82, 2.24) is 4.90 Å². The molecule has 0 fully saturated rings. The summed E-state index contributed by atoms with van der Waals surface area (Å²) in [5.41, 5.74) is 2.55. The third kappa shape index (κ3) is 4.79. The van der Waals surface area contributed by atoms with E-state index in [9.17, 15) is 0 Å². The third-order valence-corrected chi connectivity index (χ3v) is 3.79. The van der Waals surface area contributed by atoms with Crippen LogP contribution in [0.4, 0.5) is 5.69 Å². The average molecular weight is 334 g/mol. The second-order valence-electron chi connectivity index (χ2n) is 4.64. The van der Waals surface area contributed by atoms with Crippen molar-refractivity contribution in [1.29, 1.82) is 0 Å². The van der Waals surface area contributed by atoms with E-state index in [1.165, 1.54) is 11.3 Å². The molecule has 4 heteroatoms. The molecule has 0 spiro atoms. The summed E-state index contributed by atoms with van der Waals surface area (Å²) in [7, 11) is 4.22. The van der Waals surface area contributed by atoms with E-state index in [0.29, 0.717) is 0 Å². The molecule has 0 saturated heterocycles. The van der Waals surface area contributed by atoms with Gasteiger partial charge in [0.25, 0.3) is 0 Å². The van der Waals surface area contributed by atoms with Crippen LogP contribution in [0.2, 0.25) is 5.02 Å². The van der Waals surface area contributed by atoms with Gasteiger partial charge in [-0.15, -0.1) is 0 Å². The molecule has 1 rings (SSSR count). The largest absolute Gasteiger partial charge is 0.371 e. The van der Waals surface area contributed by atoms with E-state index in [1.54, 1.807) is 0 Å². The van der Waals surface area contributed by atoms with Crippen LogP contribution >= 0.6 is 27.5 Å². The Kier molecular flexibility index (Phi) is 7.05. The smallest absolute Gasteiger partial charge is 0.0426 e. The molecule has 0 aliphatic heterocycles. The summed E-state index contributed by atoms with van der Waals surface area (Å²) >= 11 is 9.65. The minimum absolute atomic E-state index is 0.806. The Bertz CT molecular complexity index is 369. The van der Waals surface area contributed by atoms with Gasteiger partial charge in [-0.25, -0.2) is 0 Å². The van der Waals surface area contributed by atoms with Gasteiger partial charge in [-0.2, -0.15) is 0 Å². The number of anilines is 1. The van der Waals surface area contributed by atoms with Gasteiger partial charge in [0.2, 0.25) is 0 Å². The molecule has 102 valence electrons. The highest BCUT2D eigenvalue weighted by atomic mass is 79.9. The number of nitrogens with zero attached hydrogens (tertiary/aromatic N) is 2. The third-order valence-electron chi connectivity index (χ3n) is 2.95. The first kappa shape index (κ1) is 15.8. The molecule has 0 heterocycles. The molecule has 0 aliphatic carbocycles. The molecule has 0 aliphatic rings. The number of alkyl halides is 1. The molecule has 2 nitrogen and oxygen atoms in total. The summed E-state index contributed by atoms with van der Waals surface area (Å²) < 4.78 is 0. The molecule has 0 amide bonds. The Morgan fingerprint density at radius 2 is 1.94 bits per heavy atom. The Hall–Kier alpha value is -0.250. The summed E-state index contributed by atoms with van der Waals surface area (Å²) in [4.78, 5) is 4.61. The summed E-state index contributed by atoms with van der Waals surface area (Å²) in [6.45, 7) is 5.37. The fourth-order valence-electron chi connectivity index (χ4n) is 1.97. The second-order valence-corrected chi connectivity index (χ2v) is 5.64. The van der Waals surface area contributed by atoms with E-state index in [4.69, 9.17) is 11.6 Å². The highest BCUT2D eigenvalue weighted by Gasteiger charge is 2.09. The molecule has 1 aromatic rings. The Morgan fingerprint density at radius 1 is 1.22 bits per heavy atom. The van der Waals surface area contributed by atoms with Crippen LogP contribution in [0, 0.1) is 0 Å². The molecule has 0 radical (unpaired) electrons. The fraction of sp³-hybridized carbons (Fsp3) is 0.571. The van der Waals surface area contributed by atoms with Crippen molar-refractivity contribution in [2.75, 3.05) is 38.6 Å². The van der Waals surface area contributed by atoms with Crippen LogP contribution in [0.1, 0.15) is 18.9 Å². The Balaban J connectivity index is 2.77. The number of benzene rings is 1. The Labute approximate surface area is 124 Å². The van der Waals surface area contributed by atoms with Crippen LogP contribution in [0.25, 0.3) is 0 Å². The fourth-order valence-corrected chi connectivity index (χ4v) is 2.61. The van der Waals surface area contributed by atoms with Crippen LogP contribution in [0.3, 0.4) is 0 Å². The van der Waals surface area contributed by atoms with Gasteiger partial charge in [0.15, 0.2) is 0 Å². The highest BCUT2D eigenvalue weighted by molar-refractivity contribution is 9.08. The maximum absolute atomic E-state index is 6.11. The maximum atomic E-state index is 6.11. The number of halogens is 2. The molecule has 0 N–H and O–H groups in total. The van der Waals surface area contributed by atoms with E-state index < -0.39 is 0 Å². The van der Waals surface area contributed by atoms with Crippen LogP contribution < -0.4 is 4.90 Å². The monoisotopic (exact) mass is 332 g/mol. The summed E-state index contributed by atoms with van der Waals surface area (Å²) in [6, 6.07) is 6.12. The first-order valence-electron chi connectivity index (χ1n) is 6.32. The SMILES string of the molecule is CCN(CCCN(C)C)c1cc(Cl)ccc1CBr. The molecule has 18 heavy (non-hydrogen) atoms. The molecule has 0 aromatic heterocycles. The topological polar surface area (TPSA) is 6.48 Å². The minimum Gasteiger partial charge on any atom is -0.371 e. The molecule has 0 unspecified atom stereocenters. The van der Waals surface area contributed by atoms with Gasteiger partial charge >= 0.3 is 0 Å². The van der Waals surface area contributed by atoms with Crippen molar-refractivity contribution in [2.24, 2.45) is 0 Å². The lowest BCUT2D eigenvalue weighted by molar-refractivity contribution is 0.400. The quantitative estimate of drug-likeness (QED) is 0.696. The summed E-state index contributed by atoms with van der Waals surface area (Å²) in [5, 5.41) is 1.67. The molecule has 0 atom stereocenters. The van der Waals surface area contributed by atoms with Gasteiger partial charge < -0.3 is 9.80 Å². The zero-order chi connectivity index (χ0) is 13.5. The van der Waals surface area contributed by atoms with Gasteiger partial charge in [-0.1, -0.05) is 33.6 Å². The molecule has 0 saturated carbocycles. The van der Waals surface area contributed by atoms with Crippen LogP contribution in [0.5, 0.6) is 0 Å². The first-order valence-corrected chi connectivity index (χ1v) is 7.82. The molecular formula is C14H22BrClN2. The van der Waals surface area contributed by atoms with E-state index in [-0.39, 0.29) is 0 Å². The van der Waals surface area contributed by atoms with Crippen LogP contribution in [-0.4, -0.2) is 38.6 Å². The normalized spacial score (nSPS) is 11.0. The van der Waals surface area contributed by atoms with Gasteiger partial charge in [0, 0.05) is 29.1 Å². The van der Waals surface area contributed by atoms with Crippen molar-refractivity contribution in [2.45, 2.75) is 18.7 Å². The number of hydrogen-bond acceptors (Lipinski definition) is 2. The van der Waals surface area contributed by atoms with Gasteiger partial charge in [0.05, 0.1) is 0 Å².